The van der Waals surface area contributed by atoms with E-state index in [1.807, 2.05) is 18.7 Å². The van der Waals surface area contributed by atoms with E-state index in [-0.39, 0.29) is 12.0 Å². The van der Waals surface area contributed by atoms with Crippen molar-refractivity contribution in [2.75, 3.05) is 19.6 Å². The van der Waals surface area contributed by atoms with Crippen molar-refractivity contribution in [2.24, 2.45) is 0 Å². The van der Waals surface area contributed by atoms with Gasteiger partial charge in [-0.2, -0.15) is 0 Å². The van der Waals surface area contributed by atoms with Gasteiger partial charge in [-0.25, -0.2) is 0 Å². The lowest BCUT2D eigenvalue weighted by Gasteiger charge is -2.20. The van der Waals surface area contributed by atoms with E-state index in [4.69, 9.17) is 0 Å². The maximum Gasteiger partial charge on any atom is 0.236 e. The number of carbonyl (C=O) groups is 1. The van der Waals surface area contributed by atoms with Crippen molar-refractivity contribution in [3.05, 3.63) is 0 Å². The van der Waals surface area contributed by atoms with Crippen LogP contribution in [0.3, 0.4) is 0 Å². The van der Waals surface area contributed by atoms with Crippen LogP contribution in [0.25, 0.3) is 0 Å². The monoisotopic (exact) mass is 214 g/mol. The molecule has 0 aromatic carbocycles. The SMILES string of the molecule is CCC(O)CNCC(=O)N(CC)C1CC1. The van der Waals surface area contributed by atoms with Crippen molar-refractivity contribution in [3.63, 3.8) is 0 Å². The Hall–Kier alpha value is -0.610. The first-order valence-corrected chi connectivity index (χ1v) is 5.87. The van der Waals surface area contributed by atoms with Crippen LogP contribution in [0.2, 0.25) is 0 Å². The van der Waals surface area contributed by atoms with Crippen LogP contribution < -0.4 is 5.32 Å². The summed E-state index contributed by atoms with van der Waals surface area (Å²) >= 11 is 0. The largest absolute Gasteiger partial charge is 0.392 e. The Labute approximate surface area is 91.6 Å². The zero-order valence-corrected chi connectivity index (χ0v) is 9.70. The van der Waals surface area contributed by atoms with E-state index in [1.165, 1.54) is 0 Å². The molecule has 0 spiro atoms. The first-order chi connectivity index (χ1) is 7.19. The molecule has 0 bridgehead atoms. The maximum atomic E-state index is 11.7. The molecule has 1 unspecified atom stereocenters. The van der Waals surface area contributed by atoms with Crippen molar-refractivity contribution >= 4 is 5.91 Å². The smallest absolute Gasteiger partial charge is 0.236 e. The molecule has 1 aliphatic carbocycles. The Balaban J connectivity index is 2.16. The fourth-order valence-corrected chi connectivity index (χ4v) is 1.62. The molecule has 0 aromatic rings. The molecule has 0 heterocycles. The summed E-state index contributed by atoms with van der Waals surface area (Å²) in [7, 11) is 0. The predicted octanol–water partition coefficient (Wildman–Crippen LogP) is 0.358. The lowest BCUT2D eigenvalue weighted by atomic mass is 10.3. The van der Waals surface area contributed by atoms with E-state index >= 15 is 0 Å². The van der Waals surface area contributed by atoms with Crippen molar-refractivity contribution < 1.29 is 9.90 Å². The van der Waals surface area contributed by atoms with E-state index in [9.17, 15) is 9.90 Å². The van der Waals surface area contributed by atoms with E-state index in [0.29, 0.717) is 19.1 Å². The summed E-state index contributed by atoms with van der Waals surface area (Å²) in [5.74, 6) is 0.156. The van der Waals surface area contributed by atoms with Crippen LogP contribution in [0.4, 0.5) is 0 Å². The third kappa shape index (κ3) is 4.18. The fourth-order valence-electron chi connectivity index (χ4n) is 1.62. The first kappa shape index (κ1) is 12.5. The topological polar surface area (TPSA) is 52.6 Å². The normalized spacial score (nSPS) is 17.5. The molecule has 0 saturated heterocycles. The molecular weight excluding hydrogens is 192 g/mol. The molecule has 1 aliphatic rings. The minimum absolute atomic E-state index is 0.156. The lowest BCUT2D eigenvalue weighted by molar-refractivity contribution is -0.130. The Kier molecular flexibility index (Phi) is 5.05. The summed E-state index contributed by atoms with van der Waals surface area (Å²) in [5, 5.41) is 12.3. The van der Waals surface area contributed by atoms with Crippen LogP contribution >= 0.6 is 0 Å². The number of amides is 1. The summed E-state index contributed by atoms with van der Waals surface area (Å²) in [6.45, 7) is 5.58. The Morgan fingerprint density at radius 1 is 1.53 bits per heavy atom. The van der Waals surface area contributed by atoms with Crippen LogP contribution in [0.15, 0.2) is 0 Å². The summed E-state index contributed by atoms with van der Waals surface area (Å²) in [5.41, 5.74) is 0. The molecule has 4 heteroatoms. The summed E-state index contributed by atoms with van der Waals surface area (Å²) in [4.78, 5) is 13.6. The minimum Gasteiger partial charge on any atom is -0.392 e. The van der Waals surface area contributed by atoms with Gasteiger partial charge >= 0.3 is 0 Å². The first-order valence-electron chi connectivity index (χ1n) is 5.87. The minimum atomic E-state index is -0.339. The number of likely N-dealkylation sites (N-methyl/N-ethyl adjacent to an activating group) is 1. The lowest BCUT2D eigenvalue weighted by Crippen LogP contribution is -2.41. The number of nitrogens with zero attached hydrogens (tertiary/aromatic N) is 1. The summed E-state index contributed by atoms with van der Waals surface area (Å²) < 4.78 is 0. The number of aliphatic hydroxyl groups excluding tert-OH is 1. The molecule has 0 aliphatic heterocycles. The van der Waals surface area contributed by atoms with Crippen LogP contribution in [-0.2, 0) is 4.79 Å². The predicted molar refractivity (Wildman–Crippen MR) is 59.6 cm³/mol. The van der Waals surface area contributed by atoms with Gasteiger partial charge in [-0.3, -0.25) is 4.79 Å². The van der Waals surface area contributed by atoms with Gasteiger partial charge in [-0.1, -0.05) is 6.92 Å². The van der Waals surface area contributed by atoms with Gasteiger partial charge in [0, 0.05) is 19.1 Å². The molecule has 15 heavy (non-hydrogen) atoms. The van der Waals surface area contributed by atoms with Crippen LogP contribution in [-0.4, -0.2) is 47.7 Å². The second-order valence-corrected chi connectivity index (χ2v) is 4.10. The average molecular weight is 214 g/mol. The number of aliphatic hydroxyl groups is 1. The molecule has 0 aromatic heterocycles. The highest BCUT2D eigenvalue weighted by atomic mass is 16.3. The van der Waals surface area contributed by atoms with Gasteiger partial charge in [0.05, 0.1) is 12.6 Å². The molecule has 1 rings (SSSR count). The van der Waals surface area contributed by atoms with E-state index < -0.39 is 0 Å². The van der Waals surface area contributed by atoms with E-state index in [0.717, 1.165) is 25.8 Å². The van der Waals surface area contributed by atoms with Gasteiger partial charge in [0.2, 0.25) is 5.91 Å². The second kappa shape index (κ2) is 6.08. The zero-order chi connectivity index (χ0) is 11.3. The third-order valence-corrected chi connectivity index (χ3v) is 2.78. The molecule has 4 nitrogen and oxygen atoms in total. The Morgan fingerprint density at radius 3 is 2.67 bits per heavy atom. The standard InChI is InChI=1S/C11H22N2O2/c1-3-10(14)7-12-8-11(15)13(4-2)9-5-6-9/h9-10,12,14H,3-8H2,1-2H3. The van der Waals surface area contributed by atoms with Crippen molar-refractivity contribution in [1.29, 1.82) is 0 Å². The van der Waals surface area contributed by atoms with Gasteiger partial charge in [0.1, 0.15) is 0 Å². The average Bonchev–Trinajstić information content (AvgIpc) is 3.03. The van der Waals surface area contributed by atoms with Crippen molar-refractivity contribution in [3.8, 4) is 0 Å². The van der Waals surface area contributed by atoms with Crippen LogP contribution in [0.1, 0.15) is 33.1 Å². The number of nitrogens with one attached hydrogen (secondary N) is 1. The highest BCUT2D eigenvalue weighted by Crippen LogP contribution is 2.26. The highest BCUT2D eigenvalue weighted by Gasteiger charge is 2.30. The number of hydrogen-bond donors (Lipinski definition) is 2. The Bertz CT molecular complexity index is 205. The third-order valence-electron chi connectivity index (χ3n) is 2.78. The molecular formula is C11H22N2O2. The van der Waals surface area contributed by atoms with Gasteiger partial charge < -0.3 is 15.3 Å². The molecule has 0 radical (unpaired) electrons. The molecule has 1 amide bonds. The van der Waals surface area contributed by atoms with E-state index in [2.05, 4.69) is 5.32 Å². The molecule has 2 N–H and O–H groups in total. The van der Waals surface area contributed by atoms with Gasteiger partial charge in [-0.05, 0) is 26.2 Å². The molecule has 1 saturated carbocycles. The van der Waals surface area contributed by atoms with Gasteiger partial charge in [0.15, 0.2) is 0 Å². The van der Waals surface area contributed by atoms with Crippen molar-refractivity contribution in [2.45, 2.75) is 45.3 Å². The Morgan fingerprint density at radius 2 is 2.20 bits per heavy atom. The molecule has 1 fully saturated rings. The van der Waals surface area contributed by atoms with Crippen molar-refractivity contribution in [1.82, 2.24) is 10.2 Å². The number of hydrogen-bond acceptors (Lipinski definition) is 3. The zero-order valence-electron chi connectivity index (χ0n) is 9.70. The van der Waals surface area contributed by atoms with Crippen LogP contribution in [0.5, 0.6) is 0 Å². The summed E-state index contributed by atoms with van der Waals surface area (Å²) in [6, 6.07) is 0.486. The molecule has 1 atom stereocenters. The maximum absolute atomic E-state index is 11.7. The quantitative estimate of drug-likeness (QED) is 0.643. The molecule has 88 valence electrons. The van der Waals surface area contributed by atoms with Crippen LogP contribution in [0, 0.1) is 0 Å². The second-order valence-electron chi connectivity index (χ2n) is 4.10. The number of rotatable bonds is 7. The highest BCUT2D eigenvalue weighted by molar-refractivity contribution is 5.78. The van der Waals surface area contributed by atoms with Gasteiger partial charge in [-0.15, -0.1) is 0 Å². The number of carbonyl (C=O) groups excluding carboxylic acids is 1. The van der Waals surface area contributed by atoms with Gasteiger partial charge in [0.25, 0.3) is 0 Å². The summed E-state index contributed by atoms with van der Waals surface area (Å²) in [6.07, 6.45) is 2.68. The van der Waals surface area contributed by atoms with E-state index in [1.54, 1.807) is 0 Å². The fraction of sp³-hybridized carbons (Fsp3) is 0.909.